The fourth-order valence-electron chi connectivity index (χ4n) is 5.00. The van der Waals surface area contributed by atoms with Crippen molar-refractivity contribution in [1.29, 1.82) is 0 Å². The Morgan fingerprint density at radius 1 is 1.07 bits per heavy atom. The highest BCUT2D eigenvalue weighted by Crippen LogP contribution is 2.31. The maximum absolute atomic E-state index is 15.1. The first-order valence-corrected chi connectivity index (χ1v) is 15.2. The molecule has 0 bridgehead atoms. The van der Waals surface area contributed by atoms with Crippen molar-refractivity contribution in [3.63, 3.8) is 0 Å². The number of ether oxygens (including phenoxy) is 1. The molecular formula is C30H32FN3O5S. The fourth-order valence-corrected chi connectivity index (χ4v) is 5.76. The average molecular weight is 566 g/mol. The second-order valence-corrected chi connectivity index (χ2v) is 12.2. The van der Waals surface area contributed by atoms with Crippen LogP contribution < -0.4 is 15.4 Å². The summed E-state index contributed by atoms with van der Waals surface area (Å²) in [6.45, 7) is 5.01. The first-order valence-electron chi connectivity index (χ1n) is 13.3. The van der Waals surface area contributed by atoms with Crippen molar-refractivity contribution >= 4 is 21.7 Å². The van der Waals surface area contributed by atoms with E-state index in [1.54, 1.807) is 24.0 Å². The molecule has 3 aromatic rings. The number of amides is 2. The number of halogens is 1. The van der Waals surface area contributed by atoms with Gasteiger partial charge in [0.2, 0.25) is 0 Å². The van der Waals surface area contributed by atoms with E-state index >= 15 is 4.39 Å². The van der Waals surface area contributed by atoms with Crippen LogP contribution in [-0.2, 0) is 22.8 Å². The molecule has 0 atom stereocenters. The quantitative estimate of drug-likeness (QED) is 0.455. The molecule has 3 aromatic carbocycles. The van der Waals surface area contributed by atoms with E-state index in [1.165, 1.54) is 6.07 Å². The first-order chi connectivity index (χ1) is 19.2. The molecule has 10 heteroatoms. The van der Waals surface area contributed by atoms with Crippen LogP contribution in [0.1, 0.15) is 38.8 Å². The van der Waals surface area contributed by atoms with Gasteiger partial charge in [0.05, 0.1) is 6.54 Å². The molecule has 2 N–H and O–H groups in total. The highest BCUT2D eigenvalue weighted by molar-refractivity contribution is 7.90. The molecule has 0 saturated carbocycles. The van der Waals surface area contributed by atoms with Crippen LogP contribution in [0.4, 0.5) is 4.39 Å². The summed E-state index contributed by atoms with van der Waals surface area (Å²) in [7, 11) is -3.77. The van der Waals surface area contributed by atoms with E-state index in [0.717, 1.165) is 42.1 Å². The predicted octanol–water partition coefficient (Wildman–Crippen LogP) is 3.44. The normalized spacial score (nSPS) is 15.4. The van der Waals surface area contributed by atoms with Crippen molar-refractivity contribution in [1.82, 2.24) is 15.5 Å². The molecule has 5 rings (SSSR count). The van der Waals surface area contributed by atoms with E-state index in [4.69, 9.17) is 4.74 Å². The summed E-state index contributed by atoms with van der Waals surface area (Å²) in [5, 5.41) is 6.16. The Kier molecular flexibility index (Phi) is 7.91. The number of fused-ring (bicyclic) bond motifs is 1. The largest absolute Gasteiger partial charge is 0.491 e. The molecule has 0 aliphatic carbocycles. The summed E-state index contributed by atoms with van der Waals surface area (Å²) >= 11 is 0. The topological polar surface area (TPSA) is 105 Å². The van der Waals surface area contributed by atoms with Crippen LogP contribution in [0.3, 0.4) is 0 Å². The highest BCUT2D eigenvalue weighted by atomic mass is 32.2. The fraction of sp³-hybridized carbons (Fsp3) is 0.333. The van der Waals surface area contributed by atoms with Gasteiger partial charge in [-0.3, -0.25) is 9.59 Å². The minimum Gasteiger partial charge on any atom is -0.491 e. The zero-order valence-corrected chi connectivity index (χ0v) is 23.3. The predicted molar refractivity (Wildman–Crippen MR) is 150 cm³/mol. The molecular weight excluding hydrogens is 533 g/mol. The number of nitrogens with one attached hydrogen (secondary N) is 2. The van der Waals surface area contributed by atoms with Gasteiger partial charge in [-0.15, -0.1) is 0 Å². The van der Waals surface area contributed by atoms with Crippen molar-refractivity contribution < 1.29 is 27.1 Å². The Morgan fingerprint density at radius 3 is 2.45 bits per heavy atom. The number of sulfone groups is 1. The zero-order valence-electron chi connectivity index (χ0n) is 22.5. The molecule has 0 unspecified atom stereocenters. The summed E-state index contributed by atoms with van der Waals surface area (Å²) < 4.78 is 45.0. The minimum absolute atomic E-state index is 0.0838. The zero-order chi connectivity index (χ0) is 28.4. The SMILES string of the molecule is CCc1c(C(=O)N2CCOc3ccc(-c4ccc(C(=O)NCC5CNC5)cc4)cc3C2)ccc(S(C)(=O)=O)c1F. The lowest BCUT2D eigenvalue weighted by Crippen LogP contribution is -2.48. The number of nitrogens with zero attached hydrogens (tertiary/aromatic N) is 1. The second-order valence-electron chi connectivity index (χ2n) is 10.2. The highest BCUT2D eigenvalue weighted by Gasteiger charge is 2.27. The molecule has 40 heavy (non-hydrogen) atoms. The smallest absolute Gasteiger partial charge is 0.254 e. The van der Waals surface area contributed by atoms with Gasteiger partial charge in [0.1, 0.15) is 23.1 Å². The maximum Gasteiger partial charge on any atom is 0.254 e. The van der Waals surface area contributed by atoms with Crippen molar-refractivity contribution in [3.8, 4) is 16.9 Å². The van der Waals surface area contributed by atoms with Gasteiger partial charge in [-0.05, 0) is 53.9 Å². The van der Waals surface area contributed by atoms with Crippen LogP contribution in [0.25, 0.3) is 11.1 Å². The molecule has 0 aromatic heterocycles. The number of benzene rings is 3. The van der Waals surface area contributed by atoms with Gasteiger partial charge in [-0.2, -0.15) is 0 Å². The van der Waals surface area contributed by atoms with Crippen LogP contribution in [0.15, 0.2) is 59.5 Å². The molecule has 0 spiro atoms. The number of hydrogen-bond donors (Lipinski definition) is 2. The number of rotatable bonds is 7. The van der Waals surface area contributed by atoms with Gasteiger partial charge in [0.15, 0.2) is 9.84 Å². The molecule has 2 aliphatic heterocycles. The summed E-state index contributed by atoms with van der Waals surface area (Å²) in [6.07, 6.45) is 1.12. The van der Waals surface area contributed by atoms with Gasteiger partial charge < -0.3 is 20.3 Å². The van der Waals surface area contributed by atoms with Crippen LogP contribution in [-0.4, -0.2) is 64.2 Å². The van der Waals surface area contributed by atoms with Crippen LogP contribution in [0.2, 0.25) is 0 Å². The molecule has 210 valence electrons. The Bertz CT molecular complexity index is 1550. The third kappa shape index (κ3) is 5.73. The maximum atomic E-state index is 15.1. The van der Waals surface area contributed by atoms with E-state index in [2.05, 4.69) is 10.6 Å². The van der Waals surface area contributed by atoms with Crippen molar-refractivity contribution in [2.75, 3.05) is 39.0 Å². The number of carbonyl (C=O) groups is 2. The number of hydrogen-bond acceptors (Lipinski definition) is 6. The molecule has 0 radical (unpaired) electrons. The van der Waals surface area contributed by atoms with Gasteiger partial charge in [-0.1, -0.05) is 25.1 Å². The lowest BCUT2D eigenvalue weighted by atomic mass is 10.00. The lowest BCUT2D eigenvalue weighted by Gasteiger charge is -2.27. The van der Waals surface area contributed by atoms with Gasteiger partial charge >= 0.3 is 0 Å². The second kappa shape index (κ2) is 11.4. The van der Waals surface area contributed by atoms with Gasteiger partial charge in [0, 0.05) is 60.6 Å². The first kappa shape index (κ1) is 27.8. The minimum atomic E-state index is -3.77. The number of carbonyl (C=O) groups excluding carboxylic acids is 2. The van der Waals surface area contributed by atoms with E-state index in [0.29, 0.717) is 30.3 Å². The summed E-state index contributed by atoms with van der Waals surface area (Å²) in [5.41, 5.74) is 3.44. The van der Waals surface area contributed by atoms with E-state index in [1.807, 2.05) is 30.3 Å². The average Bonchev–Trinajstić information content (AvgIpc) is 3.13. The molecule has 1 saturated heterocycles. The molecule has 2 amide bonds. The molecule has 8 nitrogen and oxygen atoms in total. The molecule has 2 aliphatic rings. The Labute approximate surface area is 233 Å². The van der Waals surface area contributed by atoms with E-state index in [-0.39, 0.29) is 42.5 Å². The van der Waals surface area contributed by atoms with E-state index < -0.39 is 20.5 Å². The lowest BCUT2D eigenvalue weighted by molar-refractivity contribution is 0.0731. The van der Waals surface area contributed by atoms with Gasteiger partial charge in [-0.25, -0.2) is 12.8 Å². The Balaban J connectivity index is 1.35. The van der Waals surface area contributed by atoms with Gasteiger partial charge in [0.25, 0.3) is 11.8 Å². The molecule has 1 fully saturated rings. The summed E-state index contributed by atoms with van der Waals surface area (Å²) in [6, 6.07) is 15.7. The Hall–Kier alpha value is -3.76. The third-order valence-electron chi connectivity index (χ3n) is 7.42. The van der Waals surface area contributed by atoms with Crippen molar-refractivity contribution in [2.45, 2.75) is 24.8 Å². The Morgan fingerprint density at radius 2 is 1.80 bits per heavy atom. The standard InChI is InChI=1S/C30H32FN3O5S/c1-3-24-25(9-11-27(28(24)31)40(2,37)38)30(36)34-12-13-39-26-10-8-22(14-23(26)18-34)20-4-6-21(7-5-20)29(35)33-17-19-15-32-16-19/h4-11,14,19,32H,3,12-13,15-18H2,1-2H3,(H,33,35). The summed E-state index contributed by atoms with van der Waals surface area (Å²) in [4.78, 5) is 27.2. The van der Waals surface area contributed by atoms with Crippen LogP contribution in [0.5, 0.6) is 5.75 Å². The van der Waals surface area contributed by atoms with E-state index in [9.17, 15) is 18.0 Å². The van der Waals surface area contributed by atoms with Crippen molar-refractivity contribution in [3.05, 3.63) is 82.7 Å². The summed E-state index contributed by atoms with van der Waals surface area (Å²) in [5.74, 6) is -0.214. The van der Waals surface area contributed by atoms with Crippen LogP contribution >= 0.6 is 0 Å². The third-order valence-corrected chi connectivity index (χ3v) is 8.53. The van der Waals surface area contributed by atoms with Crippen LogP contribution in [0, 0.1) is 11.7 Å². The molecule has 2 heterocycles. The van der Waals surface area contributed by atoms with Crippen molar-refractivity contribution in [2.24, 2.45) is 5.92 Å². The monoisotopic (exact) mass is 565 g/mol.